The van der Waals surface area contributed by atoms with Crippen LogP contribution in [0.4, 0.5) is 4.39 Å². The van der Waals surface area contributed by atoms with Crippen molar-refractivity contribution in [2.75, 3.05) is 0 Å². The third-order valence-corrected chi connectivity index (χ3v) is 6.20. The molecule has 0 bridgehead atoms. The molecule has 0 fully saturated rings. The van der Waals surface area contributed by atoms with Crippen LogP contribution in [-0.4, -0.2) is 5.67 Å². The summed E-state index contributed by atoms with van der Waals surface area (Å²) in [5.41, 5.74) is 4.04. The van der Waals surface area contributed by atoms with Crippen LogP contribution < -0.4 is 0 Å². The predicted octanol–water partition coefficient (Wildman–Crippen LogP) is 8.83. The maximum atomic E-state index is 15.5. The third-order valence-electron chi connectivity index (χ3n) is 5.76. The van der Waals surface area contributed by atoms with Crippen LogP contribution in [0.25, 0.3) is 11.1 Å². The minimum atomic E-state index is -1.48. The molecule has 0 aromatic heterocycles. The Morgan fingerprint density at radius 2 is 1.64 bits per heavy atom. The average Bonchev–Trinajstić information content (AvgIpc) is 2.57. The van der Waals surface area contributed by atoms with Crippen molar-refractivity contribution in [1.82, 2.24) is 0 Å². The van der Waals surface area contributed by atoms with Crippen molar-refractivity contribution < 1.29 is 4.39 Å². The van der Waals surface area contributed by atoms with E-state index in [1.54, 1.807) is 19.9 Å². The Hall–Kier alpha value is -1.57. The van der Waals surface area contributed by atoms with Gasteiger partial charge in [-0.2, -0.15) is 0 Å². The van der Waals surface area contributed by atoms with E-state index >= 15 is 4.39 Å². The molecule has 1 unspecified atom stereocenters. The van der Waals surface area contributed by atoms with Gasteiger partial charge >= 0.3 is 0 Å². The molecular formula is C25H29Cl2F. The smallest absolute Gasteiger partial charge is 0.115 e. The molecule has 0 amide bonds. The topological polar surface area (TPSA) is 0 Å². The molecule has 0 saturated heterocycles. The molecule has 0 saturated carbocycles. The summed E-state index contributed by atoms with van der Waals surface area (Å²) in [5, 5.41) is 1.03. The molecule has 0 nitrogen and oxygen atoms in total. The van der Waals surface area contributed by atoms with Gasteiger partial charge in [-0.15, -0.1) is 0 Å². The maximum absolute atomic E-state index is 15.5. The summed E-state index contributed by atoms with van der Waals surface area (Å²) >= 11 is 12.5. The summed E-state index contributed by atoms with van der Waals surface area (Å²) < 4.78 is 15.5. The molecule has 0 radical (unpaired) electrons. The first-order valence-electron chi connectivity index (χ1n) is 9.46. The van der Waals surface area contributed by atoms with Crippen molar-refractivity contribution in [1.29, 1.82) is 0 Å². The van der Waals surface area contributed by atoms with Crippen molar-refractivity contribution in [2.24, 2.45) is 0 Å². The summed E-state index contributed by atoms with van der Waals surface area (Å²) in [6.45, 7) is 15.3. The second-order valence-corrected chi connectivity index (χ2v) is 9.14. The Morgan fingerprint density at radius 3 is 2.07 bits per heavy atom. The first kappa shape index (κ1) is 22.7. The predicted molar refractivity (Wildman–Crippen MR) is 123 cm³/mol. The maximum Gasteiger partial charge on any atom is 0.115 e. The summed E-state index contributed by atoms with van der Waals surface area (Å²) in [4.78, 5) is 0. The van der Waals surface area contributed by atoms with Crippen LogP contribution in [0.3, 0.4) is 0 Å². The van der Waals surface area contributed by atoms with Gasteiger partial charge < -0.3 is 0 Å². The van der Waals surface area contributed by atoms with Gasteiger partial charge in [-0.1, -0.05) is 66.6 Å². The molecule has 28 heavy (non-hydrogen) atoms. The van der Waals surface area contributed by atoms with Crippen molar-refractivity contribution in [3.63, 3.8) is 0 Å². The summed E-state index contributed by atoms with van der Waals surface area (Å²) in [6, 6.07) is 11.6. The molecule has 0 aliphatic rings. The van der Waals surface area contributed by atoms with Crippen LogP contribution in [0.2, 0.25) is 10.0 Å². The van der Waals surface area contributed by atoms with Crippen molar-refractivity contribution in [3.8, 4) is 0 Å². The first-order chi connectivity index (χ1) is 12.9. The lowest BCUT2D eigenvalue weighted by Gasteiger charge is -2.40. The fourth-order valence-electron chi connectivity index (χ4n) is 3.62. The summed E-state index contributed by atoms with van der Waals surface area (Å²) in [7, 11) is 0. The van der Waals surface area contributed by atoms with Crippen molar-refractivity contribution >= 4 is 34.3 Å². The van der Waals surface area contributed by atoms with E-state index in [9.17, 15) is 0 Å². The van der Waals surface area contributed by atoms with Crippen LogP contribution in [-0.2, 0) is 5.41 Å². The molecule has 3 heteroatoms. The van der Waals surface area contributed by atoms with Crippen LogP contribution in [0.5, 0.6) is 0 Å². The zero-order valence-electron chi connectivity index (χ0n) is 17.6. The first-order valence-corrected chi connectivity index (χ1v) is 10.2. The molecule has 1 atom stereocenters. The lowest BCUT2D eigenvalue weighted by atomic mass is 9.67. The highest BCUT2D eigenvalue weighted by Crippen LogP contribution is 2.46. The van der Waals surface area contributed by atoms with Gasteiger partial charge in [-0.05, 0) is 87.1 Å². The molecule has 0 N–H and O–H groups in total. The van der Waals surface area contributed by atoms with Gasteiger partial charge in [0.15, 0.2) is 0 Å². The molecular weight excluding hydrogens is 390 g/mol. The third kappa shape index (κ3) is 4.70. The molecule has 0 aliphatic heterocycles. The number of rotatable bonds is 6. The monoisotopic (exact) mass is 418 g/mol. The number of benzene rings is 2. The molecule has 2 aromatic carbocycles. The molecule has 2 rings (SSSR count). The Bertz CT molecular complexity index is 898. The van der Waals surface area contributed by atoms with Crippen LogP contribution >= 0.6 is 23.2 Å². The fourth-order valence-corrected chi connectivity index (χ4v) is 4.15. The number of halogens is 3. The number of alkyl halides is 1. The second-order valence-electron chi connectivity index (χ2n) is 8.26. The minimum Gasteiger partial charge on any atom is -0.244 e. The van der Waals surface area contributed by atoms with E-state index in [0.29, 0.717) is 16.5 Å². The number of allylic oxidation sites excluding steroid dienone is 3. The number of aryl methyl sites for hydroxylation is 1. The van der Waals surface area contributed by atoms with E-state index < -0.39 is 11.1 Å². The molecule has 150 valence electrons. The number of hydrogen-bond acceptors (Lipinski definition) is 0. The average molecular weight is 419 g/mol. The molecule has 2 aromatic rings. The van der Waals surface area contributed by atoms with E-state index in [1.807, 2.05) is 32.9 Å². The van der Waals surface area contributed by atoms with Crippen molar-refractivity contribution in [3.05, 3.63) is 81.4 Å². The van der Waals surface area contributed by atoms with Crippen LogP contribution in [0.15, 0.2) is 49.1 Å². The molecule has 0 spiro atoms. The quantitative estimate of drug-likeness (QED) is 0.439. The normalized spacial score (nSPS) is 14.7. The van der Waals surface area contributed by atoms with Crippen molar-refractivity contribution in [2.45, 2.75) is 59.0 Å². The zero-order valence-corrected chi connectivity index (χ0v) is 19.1. The Morgan fingerprint density at radius 1 is 1.07 bits per heavy atom. The lowest BCUT2D eigenvalue weighted by molar-refractivity contribution is 0.104. The highest BCUT2D eigenvalue weighted by atomic mass is 35.5. The van der Waals surface area contributed by atoms with E-state index in [2.05, 4.69) is 37.8 Å². The van der Waals surface area contributed by atoms with Crippen LogP contribution in [0, 0.1) is 6.92 Å². The molecule has 0 aliphatic carbocycles. The summed E-state index contributed by atoms with van der Waals surface area (Å²) in [6.07, 6.45) is 2.58. The van der Waals surface area contributed by atoms with E-state index in [0.717, 1.165) is 33.4 Å². The highest BCUT2D eigenvalue weighted by molar-refractivity contribution is 6.34. The fraction of sp³-hybridized carbons (Fsp3) is 0.360. The Labute approximate surface area is 179 Å². The standard InChI is InChI=1S/C25H29Cl2F/c1-8-18(19-9-10-23(16(2)3)17(4)11-19)15-25(7,24(5,6)28)20-12-21(26)14-22(27)13-20/h8-14H,2,15H2,1,3-7H3/b18-8+. The van der Waals surface area contributed by atoms with Crippen LogP contribution in [0.1, 0.15) is 63.3 Å². The second kappa shape index (κ2) is 8.43. The van der Waals surface area contributed by atoms with Gasteiger partial charge in [0, 0.05) is 15.5 Å². The lowest BCUT2D eigenvalue weighted by Crippen LogP contribution is -2.42. The van der Waals surface area contributed by atoms with Gasteiger partial charge in [0.2, 0.25) is 0 Å². The van der Waals surface area contributed by atoms with E-state index in [4.69, 9.17) is 23.2 Å². The van der Waals surface area contributed by atoms with Gasteiger partial charge in [0.05, 0.1) is 0 Å². The van der Waals surface area contributed by atoms with Gasteiger partial charge in [0.25, 0.3) is 0 Å². The Kier molecular flexibility index (Phi) is 6.84. The minimum absolute atomic E-state index is 0.515. The number of hydrogen-bond donors (Lipinski definition) is 0. The van der Waals surface area contributed by atoms with Gasteiger partial charge in [-0.25, -0.2) is 4.39 Å². The van der Waals surface area contributed by atoms with E-state index in [1.165, 1.54) is 0 Å². The Balaban J connectivity index is 2.54. The summed E-state index contributed by atoms with van der Waals surface area (Å²) in [5.74, 6) is 0. The van der Waals surface area contributed by atoms with Gasteiger partial charge in [-0.3, -0.25) is 0 Å². The zero-order chi connectivity index (χ0) is 21.3. The van der Waals surface area contributed by atoms with Gasteiger partial charge in [0.1, 0.15) is 5.67 Å². The largest absolute Gasteiger partial charge is 0.244 e. The highest BCUT2D eigenvalue weighted by Gasteiger charge is 2.43. The SMILES string of the molecule is C=C(C)c1ccc(/C(=C/C)CC(C)(c2cc(Cl)cc(Cl)c2)C(C)(C)F)cc1C. The molecule has 0 heterocycles. The van der Waals surface area contributed by atoms with E-state index in [-0.39, 0.29) is 0 Å².